The number of carbonyl (C=O) groups is 1. The van der Waals surface area contributed by atoms with Gasteiger partial charge < -0.3 is 10.2 Å². The van der Waals surface area contributed by atoms with Gasteiger partial charge in [-0.1, -0.05) is 0 Å². The molecule has 0 heterocycles. The highest BCUT2D eigenvalue weighted by atomic mass is 16.4. The van der Waals surface area contributed by atoms with E-state index in [4.69, 9.17) is 10.2 Å². The van der Waals surface area contributed by atoms with Gasteiger partial charge in [0.05, 0.1) is 6.61 Å². The van der Waals surface area contributed by atoms with Crippen LogP contribution in [-0.2, 0) is 4.79 Å². The van der Waals surface area contributed by atoms with E-state index in [1.165, 1.54) is 12.8 Å². The third-order valence-electron chi connectivity index (χ3n) is 2.72. The van der Waals surface area contributed by atoms with Crippen molar-refractivity contribution in [1.29, 1.82) is 0 Å². The van der Waals surface area contributed by atoms with Crippen LogP contribution in [0.4, 0.5) is 0 Å². The normalized spacial score (nSPS) is 18.5. The molecule has 1 aliphatic carbocycles. The third-order valence-corrected chi connectivity index (χ3v) is 2.72. The second-order valence-electron chi connectivity index (χ2n) is 3.97. The molecule has 0 bridgehead atoms. The summed E-state index contributed by atoms with van der Waals surface area (Å²) < 4.78 is 0. The Kier molecular flexibility index (Phi) is 4.35. The van der Waals surface area contributed by atoms with Crippen LogP contribution in [0, 0.1) is 0 Å². The summed E-state index contributed by atoms with van der Waals surface area (Å²) in [6.07, 6.45) is 3.27. The van der Waals surface area contributed by atoms with Crippen LogP contribution in [0.15, 0.2) is 0 Å². The first-order chi connectivity index (χ1) is 6.65. The molecule has 2 N–H and O–H groups in total. The Balaban J connectivity index is 2.29. The van der Waals surface area contributed by atoms with Crippen LogP contribution in [0.1, 0.15) is 32.6 Å². The highest BCUT2D eigenvalue weighted by molar-refractivity contribution is 5.66. The predicted molar refractivity (Wildman–Crippen MR) is 53.1 cm³/mol. The van der Waals surface area contributed by atoms with Crippen LogP contribution in [0.3, 0.4) is 0 Å². The van der Waals surface area contributed by atoms with Gasteiger partial charge in [-0.15, -0.1) is 0 Å². The third kappa shape index (κ3) is 3.64. The number of nitrogens with zero attached hydrogens (tertiary/aromatic N) is 1. The van der Waals surface area contributed by atoms with E-state index in [0.717, 1.165) is 0 Å². The van der Waals surface area contributed by atoms with Crippen molar-refractivity contribution < 1.29 is 15.0 Å². The minimum absolute atomic E-state index is 0.161. The lowest BCUT2D eigenvalue weighted by molar-refractivity contribution is -0.137. The minimum atomic E-state index is -0.739. The summed E-state index contributed by atoms with van der Waals surface area (Å²) in [7, 11) is 0. The first-order valence-electron chi connectivity index (χ1n) is 5.23. The van der Waals surface area contributed by atoms with Crippen LogP contribution < -0.4 is 0 Å². The molecule has 0 aromatic carbocycles. The van der Waals surface area contributed by atoms with Crippen LogP contribution >= 0.6 is 0 Å². The SMILES string of the molecule is CC(CCC(=O)O)N(CCO)C1CC1. The summed E-state index contributed by atoms with van der Waals surface area (Å²) in [5.41, 5.74) is 0. The van der Waals surface area contributed by atoms with Gasteiger partial charge in [-0.3, -0.25) is 9.69 Å². The highest BCUT2D eigenvalue weighted by Crippen LogP contribution is 2.29. The van der Waals surface area contributed by atoms with Crippen molar-refractivity contribution in [2.24, 2.45) is 0 Å². The molecular weight excluding hydrogens is 182 g/mol. The summed E-state index contributed by atoms with van der Waals surface area (Å²) >= 11 is 0. The number of carboxylic acids is 1. The Labute approximate surface area is 84.5 Å². The molecule has 0 aromatic heterocycles. The second kappa shape index (κ2) is 5.32. The fourth-order valence-corrected chi connectivity index (χ4v) is 1.78. The maximum Gasteiger partial charge on any atom is 0.303 e. The van der Waals surface area contributed by atoms with Gasteiger partial charge in [-0.2, -0.15) is 0 Å². The van der Waals surface area contributed by atoms with Gasteiger partial charge in [0.25, 0.3) is 0 Å². The summed E-state index contributed by atoms with van der Waals surface area (Å²) in [6.45, 7) is 2.87. The number of carboxylic acid groups (broad SMARTS) is 1. The summed E-state index contributed by atoms with van der Waals surface area (Å²) in [4.78, 5) is 12.6. The molecule has 0 spiro atoms. The van der Waals surface area contributed by atoms with Crippen LogP contribution in [-0.4, -0.2) is 46.3 Å². The average Bonchev–Trinajstić information content (AvgIpc) is 2.93. The van der Waals surface area contributed by atoms with Gasteiger partial charge in [0, 0.05) is 25.0 Å². The van der Waals surface area contributed by atoms with Crippen LogP contribution in [0.25, 0.3) is 0 Å². The quantitative estimate of drug-likeness (QED) is 0.636. The summed E-state index contributed by atoms with van der Waals surface area (Å²) in [5, 5.41) is 17.4. The summed E-state index contributed by atoms with van der Waals surface area (Å²) in [6, 6.07) is 0.858. The zero-order valence-electron chi connectivity index (χ0n) is 8.65. The molecule has 0 aliphatic heterocycles. The fourth-order valence-electron chi connectivity index (χ4n) is 1.78. The smallest absolute Gasteiger partial charge is 0.303 e. The van der Waals surface area contributed by atoms with Crippen molar-refractivity contribution >= 4 is 5.97 Å². The van der Waals surface area contributed by atoms with Gasteiger partial charge in [0.15, 0.2) is 0 Å². The number of aliphatic carboxylic acids is 1. The van der Waals surface area contributed by atoms with Crippen molar-refractivity contribution in [1.82, 2.24) is 4.90 Å². The van der Waals surface area contributed by atoms with Gasteiger partial charge in [0.1, 0.15) is 0 Å². The average molecular weight is 201 g/mol. The second-order valence-corrected chi connectivity index (χ2v) is 3.97. The molecule has 0 saturated heterocycles. The molecule has 4 heteroatoms. The molecule has 82 valence electrons. The molecule has 1 saturated carbocycles. The Hall–Kier alpha value is -0.610. The van der Waals surface area contributed by atoms with Crippen LogP contribution in [0.5, 0.6) is 0 Å². The molecule has 0 aromatic rings. The lowest BCUT2D eigenvalue weighted by Gasteiger charge is -2.27. The first kappa shape index (κ1) is 11.5. The number of hydrogen-bond donors (Lipinski definition) is 2. The van der Waals surface area contributed by atoms with Gasteiger partial charge >= 0.3 is 5.97 Å². The van der Waals surface area contributed by atoms with E-state index < -0.39 is 5.97 Å². The van der Waals surface area contributed by atoms with Crippen molar-refractivity contribution in [2.45, 2.75) is 44.7 Å². The van der Waals surface area contributed by atoms with E-state index >= 15 is 0 Å². The monoisotopic (exact) mass is 201 g/mol. The summed E-state index contributed by atoms with van der Waals surface area (Å²) in [5.74, 6) is -0.739. The Bertz CT molecular complexity index is 192. The molecule has 1 atom stereocenters. The van der Waals surface area contributed by atoms with Gasteiger partial charge in [-0.05, 0) is 26.2 Å². The lowest BCUT2D eigenvalue weighted by Crippen LogP contribution is -2.37. The topological polar surface area (TPSA) is 60.8 Å². The first-order valence-corrected chi connectivity index (χ1v) is 5.23. The zero-order chi connectivity index (χ0) is 10.6. The number of rotatable bonds is 7. The molecule has 0 amide bonds. The van der Waals surface area contributed by atoms with E-state index in [1.807, 2.05) is 6.92 Å². The molecular formula is C10H19NO3. The van der Waals surface area contributed by atoms with E-state index in [0.29, 0.717) is 19.0 Å². The van der Waals surface area contributed by atoms with E-state index in [-0.39, 0.29) is 19.1 Å². The van der Waals surface area contributed by atoms with Crippen LogP contribution in [0.2, 0.25) is 0 Å². The molecule has 0 radical (unpaired) electrons. The zero-order valence-corrected chi connectivity index (χ0v) is 8.65. The van der Waals surface area contributed by atoms with E-state index in [2.05, 4.69) is 4.90 Å². The number of aliphatic hydroxyl groups is 1. The molecule has 14 heavy (non-hydrogen) atoms. The van der Waals surface area contributed by atoms with Crippen molar-refractivity contribution in [3.05, 3.63) is 0 Å². The standard InChI is InChI=1S/C10H19NO3/c1-8(2-5-10(13)14)11(6-7-12)9-3-4-9/h8-9,12H,2-7H2,1H3,(H,13,14). The minimum Gasteiger partial charge on any atom is -0.481 e. The number of hydrogen-bond acceptors (Lipinski definition) is 3. The van der Waals surface area contributed by atoms with Crippen molar-refractivity contribution in [2.75, 3.05) is 13.2 Å². The van der Waals surface area contributed by atoms with Crippen molar-refractivity contribution in [3.63, 3.8) is 0 Å². The Morgan fingerprint density at radius 3 is 2.64 bits per heavy atom. The highest BCUT2D eigenvalue weighted by Gasteiger charge is 2.31. The van der Waals surface area contributed by atoms with E-state index in [1.54, 1.807) is 0 Å². The van der Waals surface area contributed by atoms with Gasteiger partial charge in [-0.25, -0.2) is 0 Å². The molecule has 1 unspecified atom stereocenters. The van der Waals surface area contributed by atoms with E-state index in [9.17, 15) is 4.79 Å². The largest absolute Gasteiger partial charge is 0.481 e. The Morgan fingerprint density at radius 2 is 2.21 bits per heavy atom. The van der Waals surface area contributed by atoms with Crippen molar-refractivity contribution in [3.8, 4) is 0 Å². The number of aliphatic hydroxyl groups excluding tert-OH is 1. The molecule has 4 nitrogen and oxygen atoms in total. The fraction of sp³-hybridized carbons (Fsp3) is 0.900. The Morgan fingerprint density at radius 1 is 1.57 bits per heavy atom. The maximum atomic E-state index is 10.4. The lowest BCUT2D eigenvalue weighted by atomic mass is 10.1. The molecule has 1 fully saturated rings. The van der Waals surface area contributed by atoms with Gasteiger partial charge in [0.2, 0.25) is 0 Å². The molecule has 1 rings (SSSR count). The maximum absolute atomic E-state index is 10.4. The predicted octanol–water partition coefficient (Wildman–Crippen LogP) is 0.696. The molecule has 1 aliphatic rings.